The lowest BCUT2D eigenvalue weighted by molar-refractivity contribution is -0.123. The largest absolute Gasteiger partial charge is 0.351 e. The molecule has 1 amide bonds. The third kappa shape index (κ3) is 3.50. The molecular weight excluding hydrogens is 342 g/mol. The van der Waals surface area contributed by atoms with E-state index >= 15 is 0 Å². The molecule has 136 valence electrons. The van der Waals surface area contributed by atoms with Crippen molar-refractivity contribution in [1.82, 2.24) is 14.8 Å². The summed E-state index contributed by atoms with van der Waals surface area (Å²) in [5.41, 5.74) is 1.12. The maximum atomic E-state index is 12.3. The molecule has 3 unspecified atom stereocenters. The number of aromatic nitrogens is 1. The molecule has 1 aromatic heterocycles. The van der Waals surface area contributed by atoms with Crippen molar-refractivity contribution in [3.8, 4) is 0 Å². The van der Waals surface area contributed by atoms with Gasteiger partial charge in [0, 0.05) is 43.4 Å². The molecule has 4 rings (SSSR count). The minimum absolute atomic E-state index is 0.0558. The molecule has 1 aromatic rings. The second-order valence-corrected chi connectivity index (χ2v) is 9.79. The maximum Gasteiger partial charge on any atom is 0.250 e. The Morgan fingerprint density at radius 2 is 2.08 bits per heavy atom. The first kappa shape index (κ1) is 16.8. The Labute approximate surface area is 146 Å². The molecule has 2 saturated heterocycles. The van der Waals surface area contributed by atoms with Crippen molar-refractivity contribution < 1.29 is 13.2 Å². The number of pyridine rings is 1. The summed E-state index contributed by atoms with van der Waals surface area (Å²) in [5.74, 6) is 0.775. The fourth-order valence-corrected chi connectivity index (χ4v) is 6.18. The summed E-state index contributed by atoms with van der Waals surface area (Å²) in [6, 6.07) is 5.17. The van der Waals surface area contributed by atoms with E-state index in [-0.39, 0.29) is 34.9 Å². The van der Waals surface area contributed by atoms with Gasteiger partial charge in [0.25, 0.3) is 5.56 Å². The van der Waals surface area contributed by atoms with Crippen LogP contribution in [-0.2, 0) is 21.2 Å². The number of carbonyl (C=O) groups excluding carboxylic acids is 1. The van der Waals surface area contributed by atoms with E-state index < -0.39 is 9.84 Å². The number of sulfone groups is 1. The smallest absolute Gasteiger partial charge is 0.250 e. The molecule has 25 heavy (non-hydrogen) atoms. The van der Waals surface area contributed by atoms with E-state index in [0.29, 0.717) is 25.4 Å². The summed E-state index contributed by atoms with van der Waals surface area (Å²) < 4.78 is 24.9. The first-order chi connectivity index (χ1) is 11.9. The van der Waals surface area contributed by atoms with Crippen LogP contribution in [0.2, 0.25) is 0 Å². The van der Waals surface area contributed by atoms with Crippen molar-refractivity contribution in [1.29, 1.82) is 0 Å². The zero-order chi connectivity index (χ0) is 17.6. The normalized spacial score (nSPS) is 30.6. The number of carbonyl (C=O) groups is 1. The van der Waals surface area contributed by atoms with Gasteiger partial charge in [-0.2, -0.15) is 0 Å². The van der Waals surface area contributed by atoms with Gasteiger partial charge in [-0.15, -0.1) is 0 Å². The number of rotatable bonds is 3. The van der Waals surface area contributed by atoms with Crippen molar-refractivity contribution in [2.45, 2.75) is 31.3 Å². The molecule has 8 heteroatoms. The zero-order valence-electron chi connectivity index (χ0n) is 14.1. The Morgan fingerprint density at radius 3 is 2.84 bits per heavy atom. The van der Waals surface area contributed by atoms with Crippen LogP contribution in [0.4, 0.5) is 0 Å². The van der Waals surface area contributed by atoms with Gasteiger partial charge in [-0.1, -0.05) is 6.07 Å². The number of amides is 1. The Bertz CT molecular complexity index is 848. The average molecular weight is 365 g/mol. The lowest BCUT2D eigenvalue weighted by atomic mass is 9.83. The highest BCUT2D eigenvalue weighted by molar-refractivity contribution is 7.91. The molecule has 3 atom stereocenters. The number of fused-ring (bicyclic) bond motifs is 4. The van der Waals surface area contributed by atoms with Crippen LogP contribution in [0.1, 0.15) is 24.5 Å². The van der Waals surface area contributed by atoms with Crippen LogP contribution in [0.5, 0.6) is 0 Å². The Hall–Kier alpha value is -1.67. The van der Waals surface area contributed by atoms with Gasteiger partial charge in [0.2, 0.25) is 5.91 Å². The number of hydrogen-bond donors (Lipinski definition) is 1. The molecule has 2 bridgehead atoms. The summed E-state index contributed by atoms with van der Waals surface area (Å²) in [5, 5.41) is 2.86. The van der Waals surface area contributed by atoms with Crippen LogP contribution in [0, 0.1) is 5.92 Å². The molecule has 0 aromatic carbocycles. The fourth-order valence-electron chi connectivity index (χ4n) is 4.51. The molecule has 0 radical (unpaired) electrons. The summed E-state index contributed by atoms with van der Waals surface area (Å²) in [4.78, 5) is 26.5. The minimum Gasteiger partial charge on any atom is -0.351 e. The van der Waals surface area contributed by atoms with Gasteiger partial charge in [-0.05, 0) is 24.8 Å². The zero-order valence-corrected chi connectivity index (χ0v) is 14.9. The number of hydrogen-bond acceptors (Lipinski definition) is 5. The van der Waals surface area contributed by atoms with E-state index in [4.69, 9.17) is 0 Å². The van der Waals surface area contributed by atoms with Crippen LogP contribution in [0.25, 0.3) is 0 Å². The molecule has 3 aliphatic rings. The number of likely N-dealkylation sites (tertiary alicyclic amines) is 1. The second kappa shape index (κ2) is 6.25. The van der Waals surface area contributed by atoms with E-state index in [2.05, 4.69) is 10.2 Å². The van der Waals surface area contributed by atoms with Gasteiger partial charge in [-0.3, -0.25) is 14.5 Å². The van der Waals surface area contributed by atoms with E-state index in [9.17, 15) is 18.0 Å². The fraction of sp³-hybridized carbons (Fsp3) is 0.647. The van der Waals surface area contributed by atoms with Crippen molar-refractivity contribution >= 4 is 15.7 Å². The third-order valence-corrected chi connectivity index (χ3v) is 7.29. The van der Waals surface area contributed by atoms with Crippen molar-refractivity contribution in [2.24, 2.45) is 5.92 Å². The SMILES string of the molecule is O=C(CN1CC2CC(C1)c1cccc(=O)n1C2)NC1CCS(=O)(=O)C1. The molecule has 1 N–H and O–H groups in total. The van der Waals surface area contributed by atoms with Crippen LogP contribution < -0.4 is 10.9 Å². The van der Waals surface area contributed by atoms with Crippen LogP contribution in [-0.4, -0.2) is 61.0 Å². The average Bonchev–Trinajstić information content (AvgIpc) is 2.87. The van der Waals surface area contributed by atoms with Gasteiger partial charge >= 0.3 is 0 Å². The Kier molecular flexibility index (Phi) is 4.19. The molecular formula is C17H23N3O4S. The van der Waals surface area contributed by atoms with E-state index in [0.717, 1.165) is 25.2 Å². The summed E-state index contributed by atoms with van der Waals surface area (Å²) in [6.07, 6.45) is 1.57. The highest BCUT2D eigenvalue weighted by Gasteiger charge is 2.35. The second-order valence-electron chi connectivity index (χ2n) is 7.56. The first-order valence-electron chi connectivity index (χ1n) is 8.81. The van der Waals surface area contributed by atoms with E-state index in [1.807, 2.05) is 10.6 Å². The van der Waals surface area contributed by atoms with Gasteiger partial charge in [0.05, 0.1) is 18.1 Å². The van der Waals surface area contributed by atoms with Crippen LogP contribution >= 0.6 is 0 Å². The van der Waals surface area contributed by atoms with Crippen molar-refractivity contribution in [2.75, 3.05) is 31.1 Å². The molecule has 0 saturated carbocycles. The Balaban J connectivity index is 1.39. The third-order valence-electron chi connectivity index (χ3n) is 5.52. The predicted octanol–water partition coefficient (Wildman–Crippen LogP) is -0.429. The highest BCUT2D eigenvalue weighted by Crippen LogP contribution is 2.34. The van der Waals surface area contributed by atoms with E-state index in [1.165, 1.54) is 0 Å². The molecule has 2 fully saturated rings. The van der Waals surface area contributed by atoms with E-state index in [1.54, 1.807) is 12.1 Å². The predicted molar refractivity (Wildman–Crippen MR) is 93.2 cm³/mol. The molecule has 3 aliphatic heterocycles. The topological polar surface area (TPSA) is 88.5 Å². The summed E-state index contributed by atoms with van der Waals surface area (Å²) in [6.45, 7) is 2.56. The maximum absolute atomic E-state index is 12.3. The van der Waals surface area contributed by atoms with Crippen molar-refractivity contribution in [3.63, 3.8) is 0 Å². The molecule has 0 spiro atoms. The molecule has 4 heterocycles. The molecule has 7 nitrogen and oxygen atoms in total. The number of nitrogens with one attached hydrogen (secondary N) is 1. The lowest BCUT2D eigenvalue weighted by Crippen LogP contribution is -2.50. The van der Waals surface area contributed by atoms with Crippen LogP contribution in [0.15, 0.2) is 23.0 Å². The Morgan fingerprint density at radius 1 is 1.24 bits per heavy atom. The van der Waals surface area contributed by atoms with Crippen molar-refractivity contribution in [3.05, 3.63) is 34.2 Å². The van der Waals surface area contributed by atoms with Gasteiger partial charge in [-0.25, -0.2) is 8.42 Å². The van der Waals surface area contributed by atoms with Gasteiger partial charge in [0.15, 0.2) is 9.84 Å². The monoisotopic (exact) mass is 365 g/mol. The summed E-state index contributed by atoms with van der Waals surface area (Å²) >= 11 is 0. The van der Waals surface area contributed by atoms with Gasteiger partial charge < -0.3 is 9.88 Å². The lowest BCUT2D eigenvalue weighted by Gasteiger charge is -2.42. The standard InChI is InChI=1S/C17H23N3O4S/c21-16(18-14-4-5-25(23,24)11-14)10-19-7-12-6-13(9-19)15-2-1-3-17(22)20(15)8-12/h1-3,12-14H,4-11H2,(H,18,21). The highest BCUT2D eigenvalue weighted by atomic mass is 32.2. The molecule has 0 aliphatic carbocycles. The minimum atomic E-state index is -2.98. The number of nitrogens with zero attached hydrogens (tertiary/aromatic N) is 2. The number of piperidine rings is 1. The van der Waals surface area contributed by atoms with Gasteiger partial charge in [0.1, 0.15) is 0 Å². The first-order valence-corrected chi connectivity index (χ1v) is 10.6. The summed E-state index contributed by atoms with van der Waals surface area (Å²) in [7, 11) is -2.98. The quantitative estimate of drug-likeness (QED) is 0.785. The van der Waals surface area contributed by atoms with Crippen LogP contribution in [0.3, 0.4) is 0 Å².